The number of ketones is 1. The van der Waals surface area contributed by atoms with E-state index in [1.54, 1.807) is 0 Å². The molecule has 0 aliphatic heterocycles. The minimum absolute atomic E-state index is 0.136. The molecule has 0 saturated heterocycles. The van der Waals surface area contributed by atoms with Crippen molar-refractivity contribution in [1.82, 2.24) is 0 Å². The van der Waals surface area contributed by atoms with Gasteiger partial charge < -0.3 is 11.1 Å². The zero-order valence-corrected chi connectivity index (χ0v) is 24.1. The number of hydrogen-bond donors (Lipinski definition) is 2. The van der Waals surface area contributed by atoms with Crippen molar-refractivity contribution in [2.24, 2.45) is 5.73 Å². The largest absolute Gasteiger partial charge is 0.326 e. The molecule has 1 amide bonds. The predicted octanol–water partition coefficient (Wildman–Crippen LogP) is 8.13. The molecule has 7 rings (SSSR count). The van der Waals surface area contributed by atoms with Crippen molar-refractivity contribution in [3.63, 3.8) is 0 Å². The summed E-state index contributed by atoms with van der Waals surface area (Å²) in [7, 11) is 0. The van der Waals surface area contributed by atoms with Crippen molar-refractivity contribution in [1.29, 1.82) is 0 Å². The fourth-order valence-electron chi connectivity index (χ4n) is 6.99. The summed E-state index contributed by atoms with van der Waals surface area (Å²) >= 11 is 0. The Bertz CT molecular complexity index is 1850. The number of rotatable bonds is 6. The Balaban J connectivity index is 1.17. The van der Waals surface area contributed by atoms with E-state index in [1.807, 2.05) is 72.8 Å². The van der Waals surface area contributed by atoms with Crippen LogP contribution in [0, 0.1) is 0 Å². The molecule has 5 aromatic rings. The van der Waals surface area contributed by atoms with Crippen LogP contribution < -0.4 is 11.1 Å². The maximum Gasteiger partial charge on any atom is 0.256 e. The van der Waals surface area contributed by atoms with Gasteiger partial charge in [0, 0.05) is 23.4 Å². The molecule has 0 bridgehead atoms. The lowest BCUT2D eigenvalue weighted by Gasteiger charge is -2.32. The van der Waals surface area contributed by atoms with E-state index in [0.29, 0.717) is 29.8 Å². The van der Waals surface area contributed by atoms with Gasteiger partial charge in [-0.05, 0) is 113 Å². The van der Waals surface area contributed by atoms with Crippen LogP contribution >= 0.6 is 0 Å². The maximum atomic E-state index is 14.2. The third-order valence-electron chi connectivity index (χ3n) is 9.10. The molecule has 0 heterocycles. The molecule has 5 aromatic carbocycles. The number of nitrogens with two attached hydrogens (primary N) is 1. The number of amides is 1. The Morgan fingerprint density at radius 3 is 2.19 bits per heavy atom. The minimum atomic E-state index is -0.215. The first kappa shape index (κ1) is 27.1. The van der Waals surface area contributed by atoms with Crippen LogP contribution in [0.5, 0.6) is 0 Å². The summed E-state index contributed by atoms with van der Waals surface area (Å²) in [5.41, 5.74) is 18.3. The van der Waals surface area contributed by atoms with Crippen molar-refractivity contribution in [3.8, 4) is 22.3 Å². The molecule has 0 fully saturated rings. The standard InChI is InChI=1S/C39H34N2O2/c40-24-28-11-3-5-13-31(28)33-15-7-8-16-35(33)39(43)41-29-20-17-26(18-21-29)38(42)36-23-27-10-2-4-12-30(27)34-22-19-25-9-1-6-14-32(25)37(34)36/h2-5,7-8,10-13,15-22,36H,1,6,9,14,23-24,40H2,(H,41,43). The maximum absolute atomic E-state index is 14.2. The van der Waals surface area contributed by atoms with Crippen LogP contribution in [0.3, 0.4) is 0 Å². The molecule has 43 heavy (non-hydrogen) atoms. The highest BCUT2D eigenvalue weighted by Crippen LogP contribution is 2.45. The average molecular weight is 563 g/mol. The van der Waals surface area contributed by atoms with Gasteiger partial charge in [-0.2, -0.15) is 0 Å². The zero-order valence-electron chi connectivity index (χ0n) is 24.1. The Morgan fingerprint density at radius 1 is 0.674 bits per heavy atom. The van der Waals surface area contributed by atoms with Crippen LogP contribution in [0.4, 0.5) is 5.69 Å². The van der Waals surface area contributed by atoms with E-state index in [-0.39, 0.29) is 17.6 Å². The molecule has 0 saturated carbocycles. The highest BCUT2D eigenvalue weighted by molar-refractivity contribution is 6.09. The zero-order chi connectivity index (χ0) is 29.3. The van der Waals surface area contributed by atoms with Gasteiger partial charge in [-0.25, -0.2) is 0 Å². The molecular formula is C39H34N2O2. The molecule has 0 spiro atoms. The Hall–Kier alpha value is -4.80. The van der Waals surface area contributed by atoms with Crippen LogP contribution in [0.25, 0.3) is 22.3 Å². The summed E-state index contributed by atoms with van der Waals surface area (Å²) in [6.07, 6.45) is 5.20. The summed E-state index contributed by atoms with van der Waals surface area (Å²) in [5.74, 6) is -0.282. The second-order valence-electron chi connectivity index (χ2n) is 11.6. The van der Waals surface area contributed by atoms with E-state index >= 15 is 0 Å². The fraction of sp³-hybridized carbons (Fsp3) is 0.179. The van der Waals surface area contributed by atoms with Crippen molar-refractivity contribution in [3.05, 3.63) is 148 Å². The molecule has 2 aliphatic rings. The molecule has 1 atom stereocenters. The third kappa shape index (κ3) is 4.98. The number of Topliss-reactive ketones (excluding diaryl/α,β-unsaturated/α-hetero) is 1. The second-order valence-corrected chi connectivity index (χ2v) is 11.6. The van der Waals surface area contributed by atoms with Gasteiger partial charge in [0.25, 0.3) is 5.91 Å². The molecule has 212 valence electrons. The summed E-state index contributed by atoms with van der Waals surface area (Å²) in [5, 5.41) is 3.04. The predicted molar refractivity (Wildman–Crippen MR) is 173 cm³/mol. The van der Waals surface area contributed by atoms with E-state index in [1.165, 1.54) is 46.2 Å². The lowest BCUT2D eigenvalue weighted by molar-refractivity contribution is 0.0957. The summed E-state index contributed by atoms with van der Waals surface area (Å²) in [4.78, 5) is 27.6. The first-order valence-corrected chi connectivity index (χ1v) is 15.2. The molecular weight excluding hydrogens is 528 g/mol. The SMILES string of the molecule is NCc1ccccc1-c1ccccc1C(=O)Nc1ccc(C(=O)C2Cc3ccccc3-c3ccc4c(c32)CCCC4)cc1. The van der Waals surface area contributed by atoms with Crippen molar-refractivity contribution >= 4 is 17.4 Å². The van der Waals surface area contributed by atoms with Crippen LogP contribution in [0.15, 0.2) is 109 Å². The number of aryl methyl sites for hydroxylation is 1. The Labute approximate surface area is 252 Å². The lowest BCUT2D eigenvalue weighted by atomic mass is 9.71. The first-order valence-electron chi connectivity index (χ1n) is 15.2. The number of hydrogen-bond acceptors (Lipinski definition) is 3. The molecule has 4 heteroatoms. The monoisotopic (exact) mass is 562 g/mol. The first-order chi connectivity index (χ1) is 21.1. The number of fused-ring (bicyclic) bond motifs is 5. The molecule has 4 nitrogen and oxygen atoms in total. The van der Waals surface area contributed by atoms with Gasteiger partial charge in [-0.15, -0.1) is 0 Å². The summed E-state index contributed by atoms with van der Waals surface area (Å²) in [6, 6.07) is 35.8. The molecule has 3 N–H and O–H groups in total. The van der Waals surface area contributed by atoms with E-state index in [2.05, 4.69) is 41.7 Å². The van der Waals surface area contributed by atoms with E-state index in [9.17, 15) is 9.59 Å². The second kappa shape index (κ2) is 11.5. The third-order valence-corrected chi connectivity index (χ3v) is 9.10. The lowest BCUT2D eigenvalue weighted by Crippen LogP contribution is -2.23. The van der Waals surface area contributed by atoms with Gasteiger partial charge in [0.1, 0.15) is 0 Å². The summed E-state index contributed by atoms with van der Waals surface area (Å²) < 4.78 is 0. The number of anilines is 1. The number of benzene rings is 5. The van der Waals surface area contributed by atoms with E-state index in [4.69, 9.17) is 5.73 Å². The highest BCUT2D eigenvalue weighted by atomic mass is 16.1. The van der Waals surface area contributed by atoms with Gasteiger partial charge >= 0.3 is 0 Å². The van der Waals surface area contributed by atoms with Gasteiger partial charge in [-0.3, -0.25) is 9.59 Å². The number of carbonyl (C=O) groups is 2. The Kier molecular flexibility index (Phi) is 7.22. The van der Waals surface area contributed by atoms with Gasteiger partial charge in [0.2, 0.25) is 0 Å². The average Bonchev–Trinajstić information content (AvgIpc) is 3.07. The smallest absolute Gasteiger partial charge is 0.256 e. The molecule has 2 aliphatic carbocycles. The van der Waals surface area contributed by atoms with E-state index < -0.39 is 0 Å². The van der Waals surface area contributed by atoms with E-state index in [0.717, 1.165) is 29.5 Å². The van der Waals surface area contributed by atoms with Crippen LogP contribution in [-0.4, -0.2) is 11.7 Å². The quantitative estimate of drug-likeness (QED) is 0.205. The number of nitrogens with one attached hydrogen (secondary N) is 1. The van der Waals surface area contributed by atoms with Crippen LogP contribution in [0.1, 0.15) is 67.3 Å². The topological polar surface area (TPSA) is 72.2 Å². The van der Waals surface area contributed by atoms with Crippen molar-refractivity contribution in [2.75, 3.05) is 5.32 Å². The highest BCUT2D eigenvalue weighted by Gasteiger charge is 2.33. The van der Waals surface area contributed by atoms with Crippen molar-refractivity contribution < 1.29 is 9.59 Å². The fourth-order valence-corrected chi connectivity index (χ4v) is 6.99. The van der Waals surface area contributed by atoms with Gasteiger partial charge in [-0.1, -0.05) is 78.9 Å². The van der Waals surface area contributed by atoms with Crippen molar-refractivity contribution in [2.45, 2.75) is 44.6 Å². The summed E-state index contributed by atoms with van der Waals surface area (Å²) in [6.45, 7) is 0.390. The molecule has 1 unspecified atom stereocenters. The minimum Gasteiger partial charge on any atom is -0.326 e. The molecule has 0 aromatic heterocycles. The normalized spacial score (nSPS) is 15.1. The number of carbonyl (C=O) groups excluding carboxylic acids is 2. The molecule has 0 radical (unpaired) electrons. The Morgan fingerprint density at radius 2 is 1.37 bits per heavy atom. The van der Waals surface area contributed by atoms with Gasteiger partial charge in [0.15, 0.2) is 5.78 Å². The van der Waals surface area contributed by atoms with Gasteiger partial charge in [0.05, 0.1) is 5.92 Å². The van der Waals surface area contributed by atoms with Crippen LogP contribution in [-0.2, 0) is 25.8 Å². The van der Waals surface area contributed by atoms with Crippen LogP contribution in [0.2, 0.25) is 0 Å².